The van der Waals surface area contributed by atoms with Crippen molar-refractivity contribution in [2.75, 3.05) is 31.5 Å². The van der Waals surface area contributed by atoms with Crippen LogP contribution < -0.4 is 5.32 Å². The van der Waals surface area contributed by atoms with Gasteiger partial charge in [-0.25, -0.2) is 4.39 Å². The second kappa shape index (κ2) is 9.38. The van der Waals surface area contributed by atoms with Crippen LogP contribution in [-0.2, 0) is 20.1 Å². The Morgan fingerprint density at radius 1 is 1.00 bits per heavy atom. The molecule has 0 spiro atoms. The highest BCUT2D eigenvalue weighted by Gasteiger charge is 2.22. The topological polar surface area (TPSA) is 54.2 Å². The second-order valence-corrected chi connectivity index (χ2v) is 8.82. The molecule has 3 aromatic rings. The molecule has 0 atom stereocenters. The van der Waals surface area contributed by atoms with E-state index in [1.165, 1.54) is 17.7 Å². The summed E-state index contributed by atoms with van der Waals surface area (Å²) in [6.45, 7) is 11.3. The van der Waals surface area contributed by atoms with Crippen molar-refractivity contribution in [3.63, 3.8) is 0 Å². The fourth-order valence-corrected chi connectivity index (χ4v) is 4.42. The van der Waals surface area contributed by atoms with Gasteiger partial charge in [0.25, 0.3) is 0 Å². The molecule has 9 heteroatoms. The van der Waals surface area contributed by atoms with Crippen molar-refractivity contribution in [2.24, 2.45) is 7.05 Å². The quantitative estimate of drug-likeness (QED) is 0.596. The van der Waals surface area contributed by atoms with Crippen LogP contribution >= 0.6 is 12.2 Å². The van der Waals surface area contributed by atoms with E-state index < -0.39 is 0 Å². The van der Waals surface area contributed by atoms with Gasteiger partial charge in [0.05, 0.1) is 29.3 Å². The molecule has 7 nitrogen and oxygen atoms in total. The van der Waals surface area contributed by atoms with Crippen LogP contribution in [-0.4, -0.2) is 60.7 Å². The molecule has 1 aliphatic rings. The van der Waals surface area contributed by atoms with Crippen LogP contribution in [0.1, 0.15) is 28.2 Å². The number of hydrogen-bond donors (Lipinski definition) is 1. The Kier molecular flexibility index (Phi) is 6.57. The van der Waals surface area contributed by atoms with Crippen LogP contribution in [0.2, 0.25) is 0 Å². The lowest BCUT2D eigenvalue weighted by molar-refractivity contribution is 0.176. The average Bonchev–Trinajstić information content (AvgIpc) is 3.22. The Bertz CT molecular complexity index is 1090. The minimum absolute atomic E-state index is 0.231. The van der Waals surface area contributed by atoms with Gasteiger partial charge in [-0.3, -0.25) is 14.3 Å². The summed E-state index contributed by atoms with van der Waals surface area (Å²) < 4.78 is 17.0. The fraction of sp³-hybridized carbons (Fsp3) is 0.435. The number of halogens is 1. The highest BCUT2D eigenvalue weighted by molar-refractivity contribution is 7.80. The minimum Gasteiger partial charge on any atom is -0.346 e. The van der Waals surface area contributed by atoms with Crippen molar-refractivity contribution in [3.8, 4) is 0 Å². The van der Waals surface area contributed by atoms with Gasteiger partial charge >= 0.3 is 0 Å². The highest BCUT2D eigenvalue weighted by Crippen LogP contribution is 2.22. The molecule has 0 bridgehead atoms. The average molecular weight is 456 g/mol. The predicted molar refractivity (Wildman–Crippen MR) is 128 cm³/mol. The summed E-state index contributed by atoms with van der Waals surface area (Å²) in [5.41, 5.74) is 6.24. The first-order valence-corrected chi connectivity index (χ1v) is 11.3. The second-order valence-electron chi connectivity index (χ2n) is 8.44. The van der Waals surface area contributed by atoms with Crippen molar-refractivity contribution in [1.29, 1.82) is 0 Å². The summed E-state index contributed by atoms with van der Waals surface area (Å²) in [5, 5.41) is 13.3. The number of aryl methyl sites for hydroxylation is 3. The third-order valence-corrected chi connectivity index (χ3v) is 6.39. The number of piperazine rings is 1. The Morgan fingerprint density at radius 2 is 1.69 bits per heavy atom. The van der Waals surface area contributed by atoms with Crippen LogP contribution in [0.4, 0.5) is 10.1 Å². The van der Waals surface area contributed by atoms with Crippen molar-refractivity contribution in [1.82, 2.24) is 29.4 Å². The monoisotopic (exact) mass is 455 g/mol. The van der Waals surface area contributed by atoms with Gasteiger partial charge in [-0.1, -0.05) is 12.1 Å². The highest BCUT2D eigenvalue weighted by atomic mass is 32.1. The largest absolute Gasteiger partial charge is 0.346 e. The molecule has 0 aliphatic carbocycles. The molecule has 0 amide bonds. The van der Waals surface area contributed by atoms with Crippen molar-refractivity contribution in [2.45, 2.75) is 33.9 Å². The zero-order valence-corrected chi connectivity index (χ0v) is 19.9. The summed E-state index contributed by atoms with van der Waals surface area (Å²) in [5.74, 6) is -0.231. The lowest BCUT2D eigenvalue weighted by Gasteiger charge is -2.36. The zero-order valence-electron chi connectivity index (χ0n) is 19.1. The lowest BCUT2D eigenvalue weighted by atomic mass is 10.2. The first-order valence-electron chi connectivity index (χ1n) is 10.9. The zero-order chi connectivity index (χ0) is 22.8. The molecular formula is C23H30FN7S. The molecule has 32 heavy (non-hydrogen) atoms. The van der Waals surface area contributed by atoms with E-state index >= 15 is 0 Å². The van der Waals surface area contributed by atoms with Gasteiger partial charge in [0.2, 0.25) is 0 Å². The van der Waals surface area contributed by atoms with Crippen LogP contribution in [0.3, 0.4) is 0 Å². The standard InChI is InChI=1S/C23H30FN7S/c1-16-20(14-28(4)26-16)15-29-9-11-30(12-10-29)23(32)25-22-17(2)27-31(18(22)3)13-19-5-7-21(24)8-6-19/h5-8,14H,9-13,15H2,1-4H3,(H,25,32). The Hall–Kier alpha value is -2.78. The van der Waals surface area contributed by atoms with Crippen molar-refractivity contribution < 1.29 is 4.39 Å². The Balaban J connectivity index is 1.34. The summed E-state index contributed by atoms with van der Waals surface area (Å²) in [4.78, 5) is 4.67. The molecule has 1 aromatic carbocycles. The Labute approximate surface area is 193 Å². The molecule has 0 saturated carbocycles. The third-order valence-electron chi connectivity index (χ3n) is 6.03. The lowest BCUT2D eigenvalue weighted by Crippen LogP contribution is -2.49. The maximum Gasteiger partial charge on any atom is 0.173 e. The molecule has 1 aliphatic heterocycles. The van der Waals surface area contributed by atoms with E-state index in [-0.39, 0.29) is 5.82 Å². The molecule has 0 radical (unpaired) electrons. The van der Waals surface area contributed by atoms with Gasteiger partial charge in [-0.05, 0) is 50.7 Å². The minimum atomic E-state index is -0.231. The number of rotatable bonds is 5. The maximum absolute atomic E-state index is 13.2. The fourth-order valence-electron chi connectivity index (χ4n) is 4.13. The van der Waals surface area contributed by atoms with Crippen LogP contribution in [0.15, 0.2) is 30.5 Å². The molecular weight excluding hydrogens is 425 g/mol. The molecule has 1 fully saturated rings. The van der Waals surface area contributed by atoms with E-state index in [0.29, 0.717) is 6.54 Å². The molecule has 2 aromatic heterocycles. The first-order chi connectivity index (χ1) is 15.3. The van der Waals surface area contributed by atoms with Gasteiger partial charge in [-0.2, -0.15) is 10.2 Å². The number of nitrogens with zero attached hydrogens (tertiary/aromatic N) is 6. The normalized spacial score (nSPS) is 14.7. The van der Waals surface area contributed by atoms with Crippen molar-refractivity contribution >= 4 is 23.0 Å². The molecule has 1 N–H and O–H groups in total. The summed E-state index contributed by atoms with van der Waals surface area (Å²) >= 11 is 5.73. The van der Waals surface area contributed by atoms with Gasteiger partial charge in [0.15, 0.2) is 5.11 Å². The number of aromatic nitrogens is 4. The maximum atomic E-state index is 13.2. The van der Waals surface area contributed by atoms with Gasteiger partial charge in [0.1, 0.15) is 5.82 Å². The number of anilines is 1. The molecule has 4 rings (SSSR count). The smallest absolute Gasteiger partial charge is 0.173 e. The van der Waals surface area contributed by atoms with Crippen LogP contribution in [0, 0.1) is 26.6 Å². The van der Waals surface area contributed by atoms with E-state index in [9.17, 15) is 4.39 Å². The third kappa shape index (κ3) is 4.99. The van der Waals surface area contributed by atoms with Gasteiger partial charge < -0.3 is 10.2 Å². The number of thiocarbonyl (C=S) groups is 1. The Morgan fingerprint density at radius 3 is 2.31 bits per heavy atom. The van der Waals surface area contributed by atoms with Crippen LogP contribution in [0.5, 0.6) is 0 Å². The molecule has 0 unspecified atom stereocenters. The van der Waals surface area contributed by atoms with Crippen molar-refractivity contribution in [3.05, 3.63) is 64.5 Å². The molecule has 1 saturated heterocycles. The van der Waals surface area contributed by atoms with Gasteiger partial charge in [0, 0.05) is 51.5 Å². The van der Waals surface area contributed by atoms with E-state index in [4.69, 9.17) is 12.2 Å². The van der Waals surface area contributed by atoms with Crippen LogP contribution in [0.25, 0.3) is 0 Å². The summed E-state index contributed by atoms with van der Waals surface area (Å²) in [6, 6.07) is 6.53. The first kappa shape index (κ1) is 22.4. The van der Waals surface area contributed by atoms with Gasteiger partial charge in [-0.15, -0.1) is 0 Å². The number of nitrogens with one attached hydrogen (secondary N) is 1. The van der Waals surface area contributed by atoms with E-state index in [1.807, 2.05) is 30.3 Å². The number of benzene rings is 1. The SMILES string of the molecule is Cc1nn(C)cc1CN1CCN(C(=S)Nc2c(C)nn(Cc3ccc(F)cc3)c2C)CC1. The van der Waals surface area contributed by atoms with E-state index in [2.05, 4.69) is 38.4 Å². The number of hydrogen-bond acceptors (Lipinski definition) is 4. The molecule has 3 heterocycles. The van der Waals surface area contributed by atoms with E-state index in [0.717, 1.165) is 66.2 Å². The van der Waals surface area contributed by atoms with E-state index in [1.54, 1.807) is 12.1 Å². The summed E-state index contributed by atoms with van der Waals surface area (Å²) in [6.07, 6.45) is 2.10. The summed E-state index contributed by atoms with van der Waals surface area (Å²) in [7, 11) is 1.96. The predicted octanol–water partition coefficient (Wildman–Crippen LogP) is 3.24. The molecule has 170 valence electrons.